The van der Waals surface area contributed by atoms with Crippen LogP contribution < -0.4 is 20.1 Å². The average molecular weight is 593 g/mol. The lowest BCUT2D eigenvalue weighted by molar-refractivity contribution is -0.124. The van der Waals surface area contributed by atoms with Crippen molar-refractivity contribution in [2.75, 3.05) is 20.8 Å². The topological polar surface area (TPSA) is 106 Å². The highest BCUT2D eigenvalue weighted by Gasteiger charge is 2.29. The second-order valence-electron chi connectivity index (χ2n) is 11.4. The van der Waals surface area contributed by atoms with Crippen LogP contribution in [0.4, 0.5) is 0 Å². The van der Waals surface area contributed by atoms with Crippen LogP contribution in [-0.4, -0.2) is 52.5 Å². The fraction of sp³-hybridized carbons (Fsp3) is 0.343. The monoisotopic (exact) mass is 592 g/mol. The molecular weight excluding hydrogens is 552 g/mol. The van der Waals surface area contributed by atoms with Crippen molar-refractivity contribution in [3.8, 4) is 11.5 Å². The largest absolute Gasteiger partial charge is 0.497 e. The van der Waals surface area contributed by atoms with Crippen LogP contribution in [0, 0.1) is 0 Å². The third kappa shape index (κ3) is 6.63. The van der Waals surface area contributed by atoms with Gasteiger partial charge < -0.3 is 29.7 Å². The molecule has 1 aliphatic rings. The molecule has 0 radical (unpaired) electrons. The molecule has 3 aromatic carbocycles. The zero-order valence-corrected chi connectivity index (χ0v) is 25.4. The first-order chi connectivity index (χ1) is 21.6. The van der Waals surface area contributed by atoms with Crippen molar-refractivity contribution in [3.63, 3.8) is 0 Å². The van der Waals surface area contributed by atoms with Crippen LogP contribution in [0.25, 0.3) is 10.9 Å². The first-order valence-corrected chi connectivity index (χ1v) is 15.4. The van der Waals surface area contributed by atoms with Crippen LogP contribution in [0.15, 0.2) is 79.0 Å². The van der Waals surface area contributed by atoms with E-state index in [4.69, 9.17) is 19.7 Å². The molecule has 44 heavy (non-hydrogen) atoms. The minimum Gasteiger partial charge on any atom is -0.497 e. The van der Waals surface area contributed by atoms with Crippen molar-refractivity contribution in [2.24, 2.45) is 0 Å². The molecule has 3 heterocycles. The van der Waals surface area contributed by atoms with Gasteiger partial charge in [-0.25, -0.2) is 0 Å². The molecule has 5 aromatic rings. The van der Waals surface area contributed by atoms with Gasteiger partial charge in [0.25, 0.3) is 0 Å². The Bertz CT molecular complexity index is 1690. The molecule has 1 aliphatic heterocycles. The van der Waals surface area contributed by atoms with Crippen molar-refractivity contribution in [1.29, 1.82) is 0 Å². The third-order valence-electron chi connectivity index (χ3n) is 8.51. The Labute approximate surface area is 258 Å². The maximum atomic E-state index is 13.7. The molecule has 6 rings (SSSR count). The van der Waals surface area contributed by atoms with E-state index in [-0.39, 0.29) is 11.9 Å². The van der Waals surface area contributed by atoms with E-state index in [2.05, 4.69) is 56.6 Å². The lowest BCUT2D eigenvalue weighted by Gasteiger charge is -2.26. The van der Waals surface area contributed by atoms with Gasteiger partial charge in [-0.2, -0.15) is 0 Å². The van der Waals surface area contributed by atoms with Gasteiger partial charge in [0.1, 0.15) is 17.3 Å². The second kappa shape index (κ2) is 13.8. The number of benzene rings is 3. The van der Waals surface area contributed by atoms with Gasteiger partial charge in [-0.05, 0) is 55.1 Å². The SMILES string of the molecule is COc1ccc(Cn2c(CCc3ccccc3)nnc2C(Cc2c[nH]c3ccccc23)NC(=O)[C@H]2CCCCN2)c(OC)c1. The van der Waals surface area contributed by atoms with Crippen LogP contribution in [0.1, 0.15) is 53.6 Å². The van der Waals surface area contributed by atoms with Crippen LogP contribution in [0.5, 0.6) is 11.5 Å². The molecule has 228 valence electrons. The Balaban J connectivity index is 1.39. The summed E-state index contributed by atoms with van der Waals surface area (Å²) in [4.78, 5) is 17.0. The first-order valence-electron chi connectivity index (χ1n) is 15.4. The van der Waals surface area contributed by atoms with Crippen molar-refractivity contribution in [3.05, 3.63) is 107 Å². The summed E-state index contributed by atoms with van der Waals surface area (Å²) in [6.45, 7) is 1.34. The molecule has 0 aliphatic carbocycles. The highest BCUT2D eigenvalue weighted by atomic mass is 16.5. The van der Waals surface area contributed by atoms with Crippen LogP contribution >= 0.6 is 0 Å². The Morgan fingerprint density at radius 3 is 2.61 bits per heavy atom. The number of hydrogen-bond acceptors (Lipinski definition) is 6. The summed E-state index contributed by atoms with van der Waals surface area (Å²) in [5, 5.41) is 17.4. The summed E-state index contributed by atoms with van der Waals surface area (Å²) in [6, 6.07) is 23.9. The number of rotatable bonds is 12. The lowest BCUT2D eigenvalue weighted by Crippen LogP contribution is -2.48. The number of fused-ring (bicyclic) bond motifs is 1. The molecule has 2 aromatic heterocycles. The Kier molecular flexibility index (Phi) is 9.22. The maximum Gasteiger partial charge on any atom is 0.237 e. The zero-order chi connectivity index (χ0) is 30.3. The molecule has 1 saturated heterocycles. The number of hydrogen-bond donors (Lipinski definition) is 3. The number of amides is 1. The number of ether oxygens (including phenoxy) is 2. The van der Waals surface area contributed by atoms with E-state index in [1.54, 1.807) is 14.2 Å². The van der Waals surface area contributed by atoms with Gasteiger partial charge in [0.15, 0.2) is 5.82 Å². The summed E-state index contributed by atoms with van der Waals surface area (Å²) >= 11 is 0. The Hall–Kier alpha value is -4.63. The number of aromatic nitrogens is 4. The van der Waals surface area contributed by atoms with Gasteiger partial charge in [0.05, 0.1) is 32.8 Å². The maximum absolute atomic E-state index is 13.7. The van der Waals surface area contributed by atoms with Gasteiger partial charge in [-0.15, -0.1) is 10.2 Å². The number of piperidine rings is 1. The van der Waals surface area contributed by atoms with Crippen molar-refractivity contribution < 1.29 is 14.3 Å². The first kappa shape index (κ1) is 29.4. The predicted octanol–water partition coefficient (Wildman–Crippen LogP) is 5.15. The second-order valence-corrected chi connectivity index (χ2v) is 11.4. The molecule has 9 heteroatoms. The van der Waals surface area contributed by atoms with E-state index < -0.39 is 6.04 Å². The standard InChI is InChI=1S/C35H40N6O3/c1-43-27-17-16-25(32(21-27)44-2)23-41-33(18-15-24-10-4-3-5-11-24)39-40-34(41)31(38-35(42)30-14-8-9-19-36-30)20-26-22-37-29-13-7-6-12-28(26)29/h3-7,10-13,16-17,21-22,30-31,36-37H,8-9,14-15,18-20,23H2,1-2H3,(H,38,42)/t30-,31?/m1/s1. The number of H-pyrrole nitrogens is 1. The molecule has 0 bridgehead atoms. The van der Waals surface area contributed by atoms with Gasteiger partial charge in [0, 0.05) is 41.6 Å². The fourth-order valence-corrected chi connectivity index (χ4v) is 6.09. The number of nitrogens with one attached hydrogen (secondary N) is 3. The van der Waals surface area contributed by atoms with Crippen LogP contribution in [0.2, 0.25) is 0 Å². The molecule has 1 unspecified atom stereocenters. The van der Waals surface area contributed by atoms with E-state index in [0.29, 0.717) is 19.4 Å². The average Bonchev–Trinajstić information content (AvgIpc) is 3.68. The highest BCUT2D eigenvalue weighted by molar-refractivity contribution is 5.84. The zero-order valence-electron chi connectivity index (χ0n) is 25.4. The normalized spacial score (nSPS) is 15.6. The summed E-state index contributed by atoms with van der Waals surface area (Å²) in [6.07, 6.45) is 7.08. The van der Waals surface area contributed by atoms with E-state index >= 15 is 0 Å². The number of methoxy groups -OCH3 is 2. The smallest absolute Gasteiger partial charge is 0.237 e. The Morgan fingerprint density at radius 2 is 1.82 bits per heavy atom. The molecule has 0 saturated carbocycles. The predicted molar refractivity (Wildman–Crippen MR) is 171 cm³/mol. The molecule has 9 nitrogen and oxygen atoms in total. The minimum absolute atomic E-state index is 0.00282. The van der Waals surface area contributed by atoms with Crippen LogP contribution in [-0.2, 0) is 30.6 Å². The summed E-state index contributed by atoms with van der Waals surface area (Å²) in [5.41, 5.74) is 4.39. The molecular formula is C35H40N6O3. The molecule has 1 amide bonds. The number of nitrogens with zero attached hydrogens (tertiary/aromatic N) is 3. The third-order valence-corrected chi connectivity index (χ3v) is 8.51. The van der Waals surface area contributed by atoms with E-state index in [1.165, 1.54) is 5.56 Å². The van der Waals surface area contributed by atoms with E-state index in [0.717, 1.165) is 77.4 Å². The van der Waals surface area contributed by atoms with E-state index in [9.17, 15) is 4.79 Å². The minimum atomic E-state index is -0.396. The lowest BCUT2D eigenvalue weighted by atomic mass is 10.0. The number of carbonyl (C=O) groups excluding carboxylic acids is 1. The molecule has 3 N–H and O–H groups in total. The van der Waals surface area contributed by atoms with Crippen LogP contribution in [0.3, 0.4) is 0 Å². The summed E-state index contributed by atoms with van der Waals surface area (Å²) in [5.74, 6) is 3.03. The highest BCUT2D eigenvalue weighted by Crippen LogP contribution is 2.29. The van der Waals surface area contributed by atoms with Gasteiger partial charge in [0.2, 0.25) is 5.91 Å². The van der Waals surface area contributed by atoms with Crippen molar-refractivity contribution in [2.45, 2.75) is 57.2 Å². The molecule has 0 spiro atoms. The van der Waals surface area contributed by atoms with Gasteiger partial charge >= 0.3 is 0 Å². The summed E-state index contributed by atoms with van der Waals surface area (Å²) in [7, 11) is 3.31. The quantitative estimate of drug-likeness (QED) is 0.185. The summed E-state index contributed by atoms with van der Waals surface area (Å²) < 4.78 is 13.4. The number of aryl methyl sites for hydroxylation is 2. The van der Waals surface area contributed by atoms with E-state index in [1.807, 2.05) is 42.6 Å². The number of para-hydroxylation sites is 1. The number of aromatic amines is 1. The Morgan fingerprint density at radius 1 is 0.977 bits per heavy atom. The van der Waals surface area contributed by atoms with Crippen molar-refractivity contribution >= 4 is 16.8 Å². The van der Waals surface area contributed by atoms with Crippen molar-refractivity contribution in [1.82, 2.24) is 30.4 Å². The molecule has 1 fully saturated rings. The van der Waals surface area contributed by atoms with Gasteiger partial charge in [-0.3, -0.25) is 4.79 Å². The van der Waals surface area contributed by atoms with Gasteiger partial charge in [-0.1, -0.05) is 55.0 Å². The number of carbonyl (C=O) groups is 1. The fourth-order valence-electron chi connectivity index (χ4n) is 6.09. The molecule has 2 atom stereocenters.